The van der Waals surface area contributed by atoms with E-state index in [4.69, 9.17) is 4.74 Å². The Morgan fingerprint density at radius 2 is 2.00 bits per heavy atom. The zero-order chi connectivity index (χ0) is 22.2. The van der Waals surface area contributed by atoms with Crippen LogP contribution in [-0.2, 0) is 6.54 Å². The standard InChI is InChI=1S/C21H23F2N5O2S/c1-28(2)6-3-7-30-19-12-24-5-4-14(19)11-25-20(29)18-13-31-21(27-18)26-17-9-15(22)8-16(23)10-17/h4-5,8-10,12-13H,3,6-7,11H2,1-2H3,(H,25,29)(H,26,27). The number of hydrogen-bond donors (Lipinski definition) is 2. The van der Waals surface area contributed by atoms with Crippen molar-refractivity contribution >= 4 is 28.1 Å². The first-order chi connectivity index (χ1) is 14.9. The summed E-state index contributed by atoms with van der Waals surface area (Å²) in [5.41, 5.74) is 1.22. The van der Waals surface area contributed by atoms with Crippen LogP contribution in [0.15, 0.2) is 42.0 Å². The predicted octanol–water partition coefficient (Wildman–Crippen LogP) is 3.82. The minimum absolute atomic E-state index is 0.201. The van der Waals surface area contributed by atoms with Gasteiger partial charge in [0.1, 0.15) is 23.1 Å². The quantitative estimate of drug-likeness (QED) is 0.460. The van der Waals surface area contributed by atoms with Gasteiger partial charge in [0.05, 0.1) is 12.8 Å². The Bertz CT molecular complexity index is 1010. The third-order valence-electron chi connectivity index (χ3n) is 4.17. The third-order valence-corrected chi connectivity index (χ3v) is 4.93. The first kappa shape index (κ1) is 22.6. The second-order valence-corrected chi connectivity index (χ2v) is 7.85. The fourth-order valence-electron chi connectivity index (χ4n) is 2.70. The van der Waals surface area contributed by atoms with Crippen LogP contribution >= 0.6 is 11.3 Å². The van der Waals surface area contributed by atoms with Gasteiger partial charge in [-0.3, -0.25) is 9.78 Å². The Kier molecular flexibility index (Phi) is 7.85. The van der Waals surface area contributed by atoms with Crippen molar-refractivity contribution in [2.45, 2.75) is 13.0 Å². The maximum Gasteiger partial charge on any atom is 0.271 e. The van der Waals surface area contributed by atoms with E-state index in [1.165, 1.54) is 0 Å². The molecule has 0 saturated heterocycles. The lowest BCUT2D eigenvalue weighted by molar-refractivity contribution is 0.0946. The molecule has 0 aliphatic carbocycles. The number of anilines is 2. The molecule has 2 aromatic heterocycles. The zero-order valence-electron chi connectivity index (χ0n) is 17.2. The highest BCUT2D eigenvalue weighted by molar-refractivity contribution is 7.14. The van der Waals surface area contributed by atoms with Gasteiger partial charge in [0.2, 0.25) is 0 Å². The number of ether oxygens (including phenoxy) is 1. The maximum absolute atomic E-state index is 13.3. The Morgan fingerprint density at radius 3 is 2.74 bits per heavy atom. The number of amides is 1. The van der Waals surface area contributed by atoms with E-state index in [0.29, 0.717) is 17.5 Å². The fraction of sp³-hybridized carbons (Fsp3) is 0.286. The molecule has 0 atom stereocenters. The van der Waals surface area contributed by atoms with Crippen LogP contribution in [0.1, 0.15) is 22.5 Å². The monoisotopic (exact) mass is 447 g/mol. The van der Waals surface area contributed by atoms with Crippen LogP contribution in [0.2, 0.25) is 0 Å². The Hall–Kier alpha value is -3.11. The third kappa shape index (κ3) is 6.97. The van der Waals surface area contributed by atoms with E-state index in [2.05, 4.69) is 25.5 Å². The van der Waals surface area contributed by atoms with E-state index >= 15 is 0 Å². The van der Waals surface area contributed by atoms with Crippen LogP contribution in [0, 0.1) is 11.6 Å². The average molecular weight is 448 g/mol. The first-order valence-corrected chi connectivity index (χ1v) is 10.5. The number of benzene rings is 1. The molecule has 0 spiro atoms. The summed E-state index contributed by atoms with van der Waals surface area (Å²) in [6.07, 6.45) is 4.13. The van der Waals surface area contributed by atoms with Gasteiger partial charge in [-0.05, 0) is 38.7 Å². The van der Waals surface area contributed by atoms with E-state index in [1.54, 1.807) is 23.8 Å². The lowest BCUT2D eigenvalue weighted by Gasteiger charge is -2.13. The molecular formula is C21H23F2N5O2S. The molecule has 1 aromatic carbocycles. The highest BCUT2D eigenvalue weighted by Gasteiger charge is 2.13. The molecule has 3 aromatic rings. The van der Waals surface area contributed by atoms with Gasteiger partial charge in [-0.1, -0.05) is 0 Å². The number of thiazole rings is 1. The van der Waals surface area contributed by atoms with Gasteiger partial charge < -0.3 is 20.3 Å². The van der Waals surface area contributed by atoms with Crippen molar-refractivity contribution in [3.8, 4) is 5.75 Å². The van der Waals surface area contributed by atoms with Crippen LogP contribution in [0.4, 0.5) is 19.6 Å². The predicted molar refractivity (Wildman–Crippen MR) is 116 cm³/mol. The second kappa shape index (κ2) is 10.8. The van der Waals surface area contributed by atoms with Gasteiger partial charge in [0, 0.05) is 42.0 Å². The normalized spacial score (nSPS) is 10.9. The van der Waals surface area contributed by atoms with Crippen molar-refractivity contribution < 1.29 is 18.3 Å². The summed E-state index contributed by atoms with van der Waals surface area (Å²) in [6.45, 7) is 1.71. The molecule has 31 heavy (non-hydrogen) atoms. The molecule has 164 valence electrons. The summed E-state index contributed by atoms with van der Waals surface area (Å²) >= 11 is 1.16. The SMILES string of the molecule is CN(C)CCCOc1cnccc1CNC(=O)c1csc(Nc2cc(F)cc(F)c2)n1. The molecule has 1 amide bonds. The number of pyridine rings is 1. The zero-order valence-corrected chi connectivity index (χ0v) is 18.0. The highest BCUT2D eigenvalue weighted by Crippen LogP contribution is 2.23. The number of hydrogen-bond acceptors (Lipinski definition) is 7. The van der Waals surface area contributed by atoms with Crippen molar-refractivity contribution in [3.63, 3.8) is 0 Å². The molecule has 0 unspecified atom stereocenters. The summed E-state index contributed by atoms with van der Waals surface area (Å²) in [6, 6.07) is 4.86. The van der Waals surface area contributed by atoms with Gasteiger partial charge in [-0.15, -0.1) is 11.3 Å². The van der Waals surface area contributed by atoms with Crippen LogP contribution in [0.5, 0.6) is 5.75 Å². The summed E-state index contributed by atoms with van der Waals surface area (Å²) in [5, 5.41) is 7.52. The van der Waals surface area contributed by atoms with E-state index in [9.17, 15) is 13.6 Å². The van der Waals surface area contributed by atoms with Gasteiger partial charge >= 0.3 is 0 Å². The molecule has 2 N–H and O–H groups in total. The molecule has 0 aliphatic heterocycles. The number of nitrogens with one attached hydrogen (secondary N) is 2. The van der Waals surface area contributed by atoms with E-state index in [1.807, 2.05) is 14.1 Å². The molecule has 3 rings (SSSR count). The molecule has 0 radical (unpaired) electrons. The topological polar surface area (TPSA) is 79.4 Å². The Morgan fingerprint density at radius 1 is 1.23 bits per heavy atom. The molecule has 0 saturated carbocycles. The molecule has 7 nitrogen and oxygen atoms in total. The molecule has 0 fully saturated rings. The van der Waals surface area contributed by atoms with Gasteiger partial charge in [0.25, 0.3) is 5.91 Å². The Labute approximate surface area is 183 Å². The van der Waals surface area contributed by atoms with Crippen LogP contribution < -0.4 is 15.4 Å². The second-order valence-electron chi connectivity index (χ2n) is 6.99. The number of nitrogens with zero attached hydrogens (tertiary/aromatic N) is 3. The average Bonchev–Trinajstić information content (AvgIpc) is 3.17. The summed E-state index contributed by atoms with van der Waals surface area (Å²) in [7, 11) is 4.00. The summed E-state index contributed by atoms with van der Waals surface area (Å²) in [4.78, 5) is 22.8. The number of rotatable bonds is 10. The van der Waals surface area contributed by atoms with Gasteiger partial charge in [0.15, 0.2) is 5.13 Å². The van der Waals surface area contributed by atoms with E-state index in [-0.39, 0.29) is 23.8 Å². The molecular weight excluding hydrogens is 424 g/mol. The molecule has 10 heteroatoms. The van der Waals surface area contributed by atoms with Crippen molar-refractivity contribution in [2.24, 2.45) is 0 Å². The largest absolute Gasteiger partial charge is 0.492 e. The first-order valence-electron chi connectivity index (χ1n) is 9.58. The minimum Gasteiger partial charge on any atom is -0.492 e. The van der Waals surface area contributed by atoms with Gasteiger partial charge in [-0.2, -0.15) is 0 Å². The lowest BCUT2D eigenvalue weighted by Crippen LogP contribution is -2.23. The van der Waals surface area contributed by atoms with Crippen molar-refractivity contribution in [1.29, 1.82) is 0 Å². The summed E-state index contributed by atoms with van der Waals surface area (Å²) < 4.78 is 32.4. The van der Waals surface area contributed by atoms with Crippen LogP contribution in [-0.4, -0.2) is 48.0 Å². The van der Waals surface area contributed by atoms with Crippen molar-refractivity contribution in [2.75, 3.05) is 32.6 Å². The van der Waals surface area contributed by atoms with Crippen molar-refractivity contribution in [3.05, 3.63) is 64.9 Å². The lowest BCUT2D eigenvalue weighted by atomic mass is 10.2. The van der Waals surface area contributed by atoms with Crippen LogP contribution in [0.25, 0.3) is 0 Å². The number of carbonyl (C=O) groups excluding carboxylic acids is 1. The number of carbonyl (C=O) groups is 1. The van der Waals surface area contributed by atoms with E-state index in [0.717, 1.165) is 48.1 Å². The minimum atomic E-state index is -0.700. The maximum atomic E-state index is 13.3. The number of aromatic nitrogens is 2. The highest BCUT2D eigenvalue weighted by atomic mass is 32.1. The number of halogens is 2. The molecule has 2 heterocycles. The summed E-state index contributed by atoms with van der Waals surface area (Å²) in [5.74, 6) is -1.15. The molecule has 0 aliphatic rings. The van der Waals surface area contributed by atoms with Crippen LogP contribution in [0.3, 0.4) is 0 Å². The smallest absolute Gasteiger partial charge is 0.271 e. The fourth-order valence-corrected chi connectivity index (χ4v) is 3.41. The van der Waals surface area contributed by atoms with Gasteiger partial charge in [-0.25, -0.2) is 13.8 Å². The molecule has 0 bridgehead atoms. The van der Waals surface area contributed by atoms with Crippen molar-refractivity contribution in [1.82, 2.24) is 20.2 Å². The Balaban J connectivity index is 1.55. The van der Waals surface area contributed by atoms with E-state index < -0.39 is 11.6 Å².